The molecule has 4 nitrogen and oxygen atoms in total. The highest BCUT2D eigenvalue weighted by atomic mass is 19.4. The van der Waals surface area contributed by atoms with Crippen molar-refractivity contribution in [1.82, 2.24) is 5.32 Å². The minimum Gasteiger partial charge on any atom is -0.304 e. The van der Waals surface area contributed by atoms with Gasteiger partial charge in [0, 0.05) is 24.2 Å². The summed E-state index contributed by atoms with van der Waals surface area (Å²) in [5.74, 6) is -2.52. The molecule has 0 fully saturated rings. The largest absolute Gasteiger partial charge is 0.401 e. The summed E-state index contributed by atoms with van der Waals surface area (Å²) in [6.45, 7) is -1.97. The molecule has 0 atom stereocenters. The first-order chi connectivity index (χ1) is 8.20. The van der Waals surface area contributed by atoms with E-state index < -0.39 is 47.1 Å². The van der Waals surface area contributed by atoms with Gasteiger partial charge in [0.05, 0.1) is 11.5 Å². The van der Waals surface area contributed by atoms with Gasteiger partial charge in [0.25, 0.3) is 0 Å². The van der Waals surface area contributed by atoms with Gasteiger partial charge in [-0.05, 0) is 0 Å². The average Bonchev–Trinajstić information content (AvgIpc) is 2.18. The van der Waals surface area contributed by atoms with Crippen molar-refractivity contribution < 1.29 is 26.9 Å². The van der Waals surface area contributed by atoms with E-state index >= 15 is 0 Å². The monoisotopic (exact) mass is 270 g/mol. The quantitative estimate of drug-likeness (QED) is 0.519. The zero-order valence-electron chi connectivity index (χ0n) is 8.72. The van der Waals surface area contributed by atoms with Gasteiger partial charge in [0.2, 0.25) is 5.82 Å². The number of nitro groups is 1. The molecule has 0 amide bonds. The molecule has 0 saturated heterocycles. The van der Waals surface area contributed by atoms with Crippen molar-refractivity contribution in [2.75, 3.05) is 6.54 Å². The molecule has 0 aliphatic carbocycles. The second kappa shape index (κ2) is 5.25. The Balaban J connectivity index is 2.83. The molecule has 0 spiro atoms. The fraction of sp³-hybridized carbons (Fsp3) is 0.333. The summed E-state index contributed by atoms with van der Waals surface area (Å²) in [7, 11) is 0. The molecule has 1 rings (SSSR count). The fourth-order valence-corrected chi connectivity index (χ4v) is 1.20. The number of nitro benzene ring substituents is 1. The van der Waals surface area contributed by atoms with Crippen LogP contribution in [0, 0.1) is 21.7 Å². The van der Waals surface area contributed by atoms with Gasteiger partial charge >= 0.3 is 11.9 Å². The highest BCUT2D eigenvalue weighted by Crippen LogP contribution is 2.21. The third-order valence-electron chi connectivity index (χ3n) is 1.95. The first kappa shape index (κ1) is 14.3. The van der Waals surface area contributed by atoms with Gasteiger partial charge in [0.15, 0.2) is 0 Å². The molecule has 0 unspecified atom stereocenters. The standard InChI is InChI=1S/C9H7F5N2O2/c10-6-2-7(11)8(16(17)18)1-5(6)3-15-4-9(12,13)14/h1-2,15H,3-4H2. The van der Waals surface area contributed by atoms with E-state index in [1.165, 1.54) is 0 Å². The van der Waals surface area contributed by atoms with Crippen LogP contribution >= 0.6 is 0 Å². The lowest BCUT2D eigenvalue weighted by Crippen LogP contribution is -2.28. The maximum atomic E-state index is 13.1. The molecule has 1 N–H and O–H groups in total. The normalized spacial score (nSPS) is 11.6. The first-order valence-electron chi connectivity index (χ1n) is 4.60. The van der Waals surface area contributed by atoms with Gasteiger partial charge in [-0.1, -0.05) is 0 Å². The van der Waals surface area contributed by atoms with Crippen LogP contribution in [0.4, 0.5) is 27.6 Å². The van der Waals surface area contributed by atoms with Gasteiger partial charge in [0.1, 0.15) is 5.82 Å². The predicted molar refractivity (Wildman–Crippen MR) is 50.8 cm³/mol. The molecule has 0 aromatic heterocycles. The topological polar surface area (TPSA) is 55.2 Å². The second-order valence-corrected chi connectivity index (χ2v) is 3.37. The van der Waals surface area contributed by atoms with E-state index in [2.05, 4.69) is 0 Å². The van der Waals surface area contributed by atoms with Gasteiger partial charge in [-0.15, -0.1) is 0 Å². The maximum absolute atomic E-state index is 13.1. The molecule has 100 valence electrons. The van der Waals surface area contributed by atoms with Crippen molar-refractivity contribution in [1.29, 1.82) is 0 Å². The summed E-state index contributed by atoms with van der Waals surface area (Å²) in [5.41, 5.74) is -1.40. The number of alkyl halides is 3. The summed E-state index contributed by atoms with van der Waals surface area (Å²) in [5, 5.41) is 12.2. The highest BCUT2D eigenvalue weighted by molar-refractivity contribution is 5.37. The highest BCUT2D eigenvalue weighted by Gasteiger charge is 2.26. The van der Waals surface area contributed by atoms with Crippen molar-refractivity contribution in [3.63, 3.8) is 0 Å². The second-order valence-electron chi connectivity index (χ2n) is 3.37. The van der Waals surface area contributed by atoms with Crippen LogP contribution in [0.5, 0.6) is 0 Å². The first-order valence-corrected chi connectivity index (χ1v) is 4.60. The molecular weight excluding hydrogens is 263 g/mol. The molecule has 1 aromatic rings. The molecule has 0 heterocycles. The number of hydrogen-bond donors (Lipinski definition) is 1. The summed E-state index contributed by atoms with van der Waals surface area (Å²) < 4.78 is 61.5. The summed E-state index contributed by atoms with van der Waals surface area (Å²) >= 11 is 0. The number of nitrogens with zero attached hydrogens (tertiary/aromatic N) is 1. The fourth-order valence-electron chi connectivity index (χ4n) is 1.20. The van der Waals surface area contributed by atoms with E-state index in [9.17, 15) is 32.1 Å². The van der Waals surface area contributed by atoms with Crippen molar-refractivity contribution in [2.45, 2.75) is 12.7 Å². The minimum absolute atomic E-state index is 0.267. The maximum Gasteiger partial charge on any atom is 0.401 e. The lowest BCUT2D eigenvalue weighted by atomic mass is 10.2. The van der Waals surface area contributed by atoms with Crippen LogP contribution in [0.25, 0.3) is 0 Å². The summed E-state index contributed by atoms with van der Waals surface area (Å²) in [6, 6.07) is 0.830. The van der Waals surface area contributed by atoms with E-state index in [0.29, 0.717) is 6.07 Å². The Morgan fingerprint density at radius 3 is 2.33 bits per heavy atom. The van der Waals surface area contributed by atoms with Crippen molar-refractivity contribution in [2.24, 2.45) is 0 Å². The molecule has 0 bridgehead atoms. The Labute approximate surface area is 97.6 Å². The molecule has 1 aromatic carbocycles. The van der Waals surface area contributed by atoms with Gasteiger partial charge in [-0.25, -0.2) is 4.39 Å². The van der Waals surface area contributed by atoms with Crippen molar-refractivity contribution >= 4 is 5.69 Å². The van der Waals surface area contributed by atoms with E-state index in [4.69, 9.17) is 0 Å². The van der Waals surface area contributed by atoms with E-state index in [0.717, 1.165) is 0 Å². The van der Waals surface area contributed by atoms with Crippen LogP contribution in [-0.2, 0) is 6.54 Å². The third kappa shape index (κ3) is 3.91. The summed E-state index contributed by atoms with van der Waals surface area (Å²) in [6.07, 6.45) is -4.48. The SMILES string of the molecule is O=[N+]([O-])c1cc(CNCC(F)(F)F)c(F)cc1F. The van der Waals surface area contributed by atoms with Gasteiger partial charge < -0.3 is 5.32 Å². The Morgan fingerprint density at radius 1 is 1.22 bits per heavy atom. The Bertz CT molecular complexity index is 461. The summed E-state index contributed by atoms with van der Waals surface area (Å²) in [4.78, 5) is 9.28. The van der Waals surface area contributed by atoms with Crippen molar-refractivity contribution in [3.8, 4) is 0 Å². The molecule has 0 radical (unpaired) electrons. The molecule has 18 heavy (non-hydrogen) atoms. The molecule has 0 saturated carbocycles. The molecular formula is C9H7F5N2O2. The van der Waals surface area contributed by atoms with Crippen LogP contribution in [0.3, 0.4) is 0 Å². The van der Waals surface area contributed by atoms with Crippen LogP contribution in [0.15, 0.2) is 12.1 Å². The van der Waals surface area contributed by atoms with Crippen LogP contribution in [0.1, 0.15) is 5.56 Å². The number of nitrogens with one attached hydrogen (secondary N) is 1. The Hall–Kier alpha value is -1.77. The number of hydrogen-bond acceptors (Lipinski definition) is 3. The Morgan fingerprint density at radius 2 is 1.83 bits per heavy atom. The van der Waals surface area contributed by atoms with Crippen LogP contribution in [-0.4, -0.2) is 17.6 Å². The number of benzene rings is 1. The van der Waals surface area contributed by atoms with Crippen LogP contribution in [0.2, 0.25) is 0 Å². The lowest BCUT2D eigenvalue weighted by molar-refractivity contribution is -0.387. The van der Waals surface area contributed by atoms with E-state index in [1.807, 2.05) is 5.32 Å². The average molecular weight is 270 g/mol. The molecule has 0 aliphatic heterocycles. The zero-order valence-corrected chi connectivity index (χ0v) is 8.72. The minimum atomic E-state index is -4.48. The zero-order chi connectivity index (χ0) is 13.9. The molecule has 0 aliphatic rings. The lowest BCUT2D eigenvalue weighted by Gasteiger charge is -2.08. The Kier molecular flexibility index (Phi) is 4.17. The molecule has 9 heteroatoms. The predicted octanol–water partition coefficient (Wildman–Crippen LogP) is 2.52. The van der Waals surface area contributed by atoms with Gasteiger partial charge in [-0.3, -0.25) is 10.1 Å². The number of rotatable bonds is 4. The van der Waals surface area contributed by atoms with Gasteiger partial charge in [-0.2, -0.15) is 17.6 Å². The van der Waals surface area contributed by atoms with E-state index in [-0.39, 0.29) is 6.07 Å². The smallest absolute Gasteiger partial charge is 0.304 e. The third-order valence-corrected chi connectivity index (χ3v) is 1.95. The van der Waals surface area contributed by atoms with E-state index in [1.54, 1.807) is 0 Å². The van der Waals surface area contributed by atoms with Crippen LogP contribution < -0.4 is 5.32 Å². The number of halogens is 5. The van der Waals surface area contributed by atoms with Crippen molar-refractivity contribution in [3.05, 3.63) is 39.4 Å².